The van der Waals surface area contributed by atoms with Crippen LogP contribution in [0.3, 0.4) is 0 Å². The molecule has 0 bridgehead atoms. The maximum Gasteiger partial charge on any atom is 0.0992 e. The highest BCUT2D eigenvalue weighted by Gasteiger charge is 2.22. The van der Waals surface area contributed by atoms with Gasteiger partial charge in [-0.3, -0.25) is 0 Å². The Morgan fingerprint density at radius 1 is 1.56 bits per heavy atom. The third-order valence-electron chi connectivity index (χ3n) is 3.36. The molecule has 1 heterocycles. The minimum Gasteiger partial charge on any atom is -0.397 e. The van der Waals surface area contributed by atoms with Crippen LogP contribution in [-0.4, -0.2) is 13.1 Å². The molecule has 1 aromatic carbocycles. The van der Waals surface area contributed by atoms with Gasteiger partial charge in [0.05, 0.1) is 23.0 Å². The van der Waals surface area contributed by atoms with Crippen LogP contribution in [0.15, 0.2) is 18.2 Å². The summed E-state index contributed by atoms with van der Waals surface area (Å²) in [5.74, 6) is 0.769. The molecule has 0 amide bonds. The molecule has 0 aliphatic carbocycles. The van der Waals surface area contributed by atoms with Crippen molar-refractivity contribution < 1.29 is 0 Å². The Hall–Kier alpha value is -1.69. The Kier molecular flexibility index (Phi) is 3.00. The van der Waals surface area contributed by atoms with Crippen molar-refractivity contribution >= 4 is 11.4 Å². The molecule has 1 aromatic rings. The molecule has 2 rings (SSSR count). The molecule has 3 nitrogen and oxygen atoms in total. The molecule has 1 atom stereocenters. The summed E-state index contributed by atoms with van der Waals surface area (Å²) in [6.45, 7) is 4.34. The number of hydrogen-bond acceptors (Lipinski definition) is 3. The predicted molar refractivity (Wildman–Crippen MR) is 66.2 cm³/mol. The molecule has 2 N–H and O–H groups in total. The van der Waals surface area contributed by atoms with Crippen LogP contribution in [0.4, 0.5) is 11.4 Å². The summed E-state index contributed by atoms with van der Waals surface area (Å²) in [6, 6.07) is 7.65. The Morgan fingerprint density at radius 3 is 3.00 bits per heavy atom. The molecule has 1 unspecified atom stereocenters. The van der Waals surface area contributed by atoms with Crippen LogP contribution < -0.4 is 10.6 Å². The minimum absolute atomic E-state index is 0.684. The highest BCUT2D eigenvalue weighted by Crippen LogP contribution is 2.30. The number of anilines is 2. The van der Waals surface area contributed by atoms with Gasteiger partial charge in [-0.2, -0.15) is 5.26 Å². The summed E-state index contributed by atoms with van der Waals surface area (Å²) in [4.78, 5) is 2.30. The standard InChI is InChI=1S/C13H17N3/c1-2-10-5-6-16(9-10)13-7-11(8-14)3-4-12(13)15/h3-4,7,10H,2,5-6,9,15H2,1H3. The number of nitriles is 1. The first-order valence-corrected chi connectivity index (χ1v) is 5.79. The summed E-state index contributed by atoms with van der Waals surface area (Å²) in [5, 5.41) is 8.88. The maximum absolute atomic E-state index is 8.88. The highest BCUT2D eigenvalue weighted by molar-refractivity contribution is 5.70. The average molecular weight is 215 g/mol. The lowest BCUT2D eigenvalue weighted by Crippen LogP contribution is -2.20. The van der Waals surface area contributed by atoms with E-state index in [9.17, 15) is 0 Å². The second-order valence-electron chi connectivity index (χ2n) is 4.39. The monoisotopic (exact) mass is 215 g/mol. The summed E-state index contributed by atoms with van der Waals surface area (Å²) in [5.41, 5.74) is 8.44. The third-order valence-corrected chi connectivity index (χ3v) is 3.36. The van der Waals surface area contributed by atoms with Gasteiger partial charge in [0, 0.05) is 13.1 Å². The molecule has 0 spiro atoms. The van der Waals surface area contributed by atoms with Gasteiger partial charge in [0.1, 0.15) is 0 Å². The SMILES string of the molecule is CCC1CCN(c2cc(C#N)ccc2N)C1. The number of nitrogens with zero attached hydrogens (tertiary/aromatic N) is 2. The van der Waals surface area contributed by atoms with E-state index in [2.05, 4.69) is 17.9 Å². The van der Waals surface area contributed by atoms with Crippen LogP contribution in [0.25, 0.3) is 0 Å². The molecule has 1 aliphatic rings. The second kappa shape index (κ2) is 4.44. The van der Waals surface area contributed by atoms with Crippen molar-refractivity contribution in [2.45, 2.75) is 19.8 Å². The van der Waals surface area contributed by atoms with Crippen LogP contribution in [0.5, 0.6) is 0 Å². The molecule has 3 heteroatoms. The van der Waals surface area contributed by atoms with Gasteiger partial charge >= 0.3 is 0 Å². The fourth-order valence-corrected chi connectivity index (χ4v) is 2.27. The van der Waals surface area contributed by atoms with E-state index in [1.54, 1.807) is 6.07 Å². The fraction of sp³-hybridized carbons (Fsp3) is 0.462. The zero-order valence-corrected chi connectivity index (χ0v) is 9.61. The molecule has 16 heavy (non-hydrogen) atoms. The molecule has 1 fully saturated rings. The van der Waals surface area contributed by atoms with Crippen molar-refractivity contribution in [1.29, 1.82) is 5.26 Å². The largest absolute Gasteiger partial charge is 0.397 e. The van der Waals surface area contributed by atoms with Crippen LogP contribution in [0.1, 0.15) is 25.3 Å². The second-order valence-corrected chi connectivity index (χ2v) is 4.39. The van der Waals surface area contributed by atoms with Crippen molar-refractivity contribution in [2.24, 2.45) is 5.92 Å². The molecular formula is C13H17N3. The first kappa shape index (κ1) is 10.8. The maximum atomic E-state index is 8.88. The van der Waals surface area contributed by atoms with Crippen molar-refractivity contribution in [3.63, 3.8) is 0 Å². The Balaban J connectivity index is 2.24. The molecule has 84 valence electrons. The summed E-state index contributed by atoms with van der Waals surface area (Å²) in [7, 11) is 0. The van der Waals surface area contributed by atoms with Gasteiger partial charge in [0.15, 0.2) is 0 Å². The number of nitrogens with two attached hydrogens (primary N) is 1. The van der Waals surface area contributed by atoms with Crippen molar-refractivity contribution in [3.8, 4) is 6.07 Å². The van der Waals surface area contributed by atoms with Crippen LogP contribution in [0, 0.1) is 17.2 Å². The highest BCUT2D eigenvalue weighted by atomic mass is 15.2. The lowest BCUT2D eigenvalue weighted by Gasteiger charge is -2.20. The molecule has 1 aliphatic heterocycles. The Bertz CT molecular complexity index is 420. The zero-order valence-electron chi connectivity index (χ0n) is 9.61. The first-order chi connectivity index (χ1) is 7.74. The van der Waals surface area contributed by atoms with Gasteiger partial charge in [0.25, 0.3) is 0 Å². The molecule has 1 saturated heterocycles. The predicted octanol–water partition coefficient (Wildman–Crippen LogP) is 2.38. The van der Waals surface area contributed by atoms with Crippen LogP contribution >= 0.6 is 0 Å². The summed E-state index contributed by atoms with van der Waals surface area (Å²) >= 11 is 0. The summed E-state index contributed by atoms with van der Waals surface area (Å²) < 4.78 is 0. The van der Waals surface area contributed by atoms with Gasteiger partial charge in [-0.1, -0.05) is 13.3 Å². The smallest absolute Gasteiger partial charge is 0.0992 e. The van der Waals surface area contributed by atoms with Gasteiger partial charge in [0.2, 0.25) is 0 Å². The van der Waals surface area contributed by atoms with E-state index in [0.717, 1.165) is 30.4 Å². The topological polar surface area (TPSA) is 53.0 Å². The number of rotatable bonds is 2. The first-order valence-electron chi connectivity index (χ1n) is 5.79. The van der Waals surface area contributed by atoms with Gasteiger partial charge < -0.3 is 10.6 Å². The van der Waals surface area contributed by atoms with E-state index < -0.39 is 0 Å². The van der Waals surface area contributed by atoms with Gasteiger partial charge in [-0.25, -0.2) is 0 Å². The lowest BCUT2D eigenvalue weighted by atomic mass is 10.1. The zero-order chi connectivity index (χ0) is 11.5. The number of hydrogen-bond donors (Lipinski definition) is 1. The van der Waals surface area contributed by atoms with Crippen molar-refractivity contribution in [2.75, 3.05) is 23.7 Å². The van der Waals surface area contributed by atoms with E-state index in [4.69, 9.17) is 11.0 Å². The minimum atomic E-state index is 0.684. The van der Waals surface area contributed by atoms with E-state index >= 15 is 0 Å². The molecule has 0 aromatic heterocycles. The van der Waals surface area contributed by atoms with E-state index in [0.29, 0.717) is 5.56 Å². The number of benzene rings is 1. The van der Waals surface area contributed by atoms with Crippen LogP contribution in [0.2, 0.25) is 0 Å². The fourth-order valence-electron chi connectivity index (χ4n) is 2.27. The van der Waals surface area contributed by atoms with E-state index in [1.165, 1.54) is 12.8 Å². The van der Waals surface area contributed by atoms with E-state index in [-0.39, 0.29) is 0 Å². The third kappa shape index (κ3) is 1.96. The lowest BCUT2D eigenvalue weighted by molar-refractivity contribution is 0.569. The quantitative estimate of drug-likeness (QED) is 0.770. The summed E-state index contributed by atoms with van der Waals surface area (Å²) in [6.07, 6.45) is 2.45. The van der Waals surface area contributed by atoms with Crippen molar-refractivity contribution in [3.05, 3.63) is 23.8 Å². The average Bonchev–Trinajstić information content (AvgIpc) is 2.78. The van der Waals surface area contributed by atoms with Crippen molar-refractivity contribution in [1.82, 2.24) is 0 Å². The molecule has 0 saturated carbocycles. The molecule has 0 radical (unpaired) electrons. The Morgan fingerprint density at radius 2 is 2.38 bits per heavy atom. The number of nitrogen functional groups attached to an aromatic ring is 1. The molecular weight excluding hydrogens is 198 g/mol. The van der Waals surface area contributed by atoms with E-state index in [1.807, 2.05) is 12.1 Å². The Labute approximate surface area is 96.5 Å². The van der Waals surface area contributed by atoms with Gasteiger partial charge in [-0.05, 0) is 30.5 Å². The van der Waals surface area contributed by atoms with Gasteiger partial charge in [-0.15, -0.1) is 0 Å². The normalized spacial score (nSPS) is 19.8. The van der Waals surface area contributed by atoms with Crippen LogP contribution in [-0.2, 0) is 0 Å².